The minimum Gasteiger partial charge on any atom is -0.326 e. The van der Waals surface area contributed by atoms with E-state index >= 15 is 0 Å². The zero-order chi connectivity index (χ0) is 19.0. The lowest BCUT2D eigenvalue weighted by Crippen LogP contribution is -2.10. The first kappa shape index (κ1) is 17.0. The monoisotopic (exact) mass is 355 g/mol. The van der Waals surface area contributed by atoms with Crippen LogP contribution in [0.5, 0.6) is 0 Å². The van der Waals surface area contributed by atoms with Gasteiger partial charge < -0.3 is 4.98 Å². The number of hydrogen-bond donors (Lipinski definition) is 1. The van der Waals surface area contributed by atoms with Crippen molar-refractivity contribution in [3.63, 3.8) is 0 Å². The second kappa shape index (κ2) is 6.72. The number of aromatic amines is 1. The molecule has 0 fully saturated rings. The molecule has 0 aliphatic carbocycles. The minimum absolute atomic E-state index is 0.125. The molecule has 0 saturated carbocycles. The van der Waals surface area contributed by atoms with Gasteiger partial charge in [0.1, 0.15) is 0 Å². The first-order chi connectivity index (χ1) is 13.0. The predicted molar refractivity (Wildman–Crippen MR) is 109 cm³/mol. The Balaban J connectivity index is 1.96. The van der Waals surface area contributed by atoms with E-state index in [2.05, 4.69) is 49.2 Å². The number of aromatic nitrogens is 3. The summed E-state index contributed by atoms with van der Waals surface area (Å²) in [6.07, 6.45) is 0. The van der Waals surface area contributed by atoms with Gasteiger partial charge >= 0.3 is 0 Å². The van der Waals surface area contributed by atoms with Gasteiger partial charge in [0.05, 0.1) is 22.6 Å². The molecule has 4 rings (SSSR count). The molecule has 4 aromatic rings. The molecule has 134 valence electrons. The van der Waals surface area contributed by atoms with Crippen LogP contribution in [0.3, 0.4) is 0 Å². The molecule has 0 bridgehead atoms. The lowest BCUT2D eigenvalue weighted by molar-refractivity contribution is 0.887. The third-order valence-corrected chi connectivity index (χ3v) is 4.56. The van der Waals surface area contributed by atoms with Crippen molar-refractivity contribution in [2.75, 3.05) is 0 Å². The Morgan fingerprint density at radius 2 is 1.56 bits per heavy atom. The fourth-order valence-corrected chi connectivity index (χ4v) is 3.37. The average molecular weight is 355 g/mol. The SMILES string of the molecule is Cc1cc(C)cc(-n2nc(-c3ccc(C)[nH]c3=O)cc2-c2ccccc2)c1. The van der Waals surface area contributed by atoms with Gasteiger partial charge in [0, 0.05) is 11.3 Å². The van der Waals surface area contributed by atoms with Gasteiger partial charge in [-0.3, -0.25) is 4.79 Å². The molecule has 0 unspecified atom stereocenters. The van der Waals surface area contributed by atoms with Gasteiger partial charge in [0.25, 0.3) is 5.56 Å². The number of hydrogen-bond acceptors (Lipinski definition) is 2. The fourth-order valence-electron chi connectivity index (χ4n) is 3.37. The third kappa shape index (κ3) is 3.34. The molecule has 2 aromatic carbocycles. The number of benzene rings is 2. The van der Waals surface area contributed by atoms with Gasteiger partial charge in [-0.1, -0.05) is 36.4 Å². The summed E-state index contributed by atoms with van der Waals surface area (Å²) in [7, 11) is 0. The van der Waals surface area contributed by atoms with Gasteiger partial charge in [0.2, 0.25) is 0 Å². The van der Waals surface area contributed by atoms with Crippen molar-refractivity contribution in [3.8, 4) is 28.2 Å². The van der Waals surface area contributed by atoms with Crippen molar-refractivity contribution in [1.82, 2.24) is 14.8 Å². The molecule has 0 amide bonds. The van der Waals surface area contributed by atoms with E-state index in [-0.39, 0.29) is 5.56 Å². The van der Waals surface area contributed by atoms with E-state index in [1.54, 1.807) is 0 Å². The Morgan fingerprint density at radius 1 is 0.852 bits per heavy atom. The molecule has 1 N–H and O–H groups in total. The van der Waals surface area contributed by atoms with Crippen LogP contribution in [0, 0.1) is 20.8 Å². The molecule has 0 radical (unpaired) electrons. The Labute approximate surface area is 158 Å². The van der Waals surface area contributed by atoms with Gasteiger partial charge in [-0.15, -0.1) is 0 Å². The van der Waals surface area contributed by atoms with Crippen molar-refractivity contribution in [3.05, 3.63) is 93.9 Å². The largest absolute Gasteiger partial charge is 0.326 e. The number of H-pyrrole nitrogens is 1. The lowest BCUT2D eigenvalue weighted by atomic mass is 10.1. The summed E-state index contributed by atoms with van der Waals surface area (Å²) in [5.41, 5.74) is 7.29. The highest BCUT2D eigenvalue weighted by atomic mass is 16.1. The molecule has 0 saturated heterocycles. The Kier molecular flexibility index (Phi) is 4.24. The smallest absolute Gasteiger partial charge is 0.257 e. The highest BCUT2D eigenvalue weighted by Gasteiger charge is 2.15. The summed E-state index contributed by atoms with van der Waals surface area (Å²) in [6, 6.07) is 22.2. The van der Waals surface area contributed by atoms with Crippen LogP contribution < -0.4 is 5.56 Å². The summed E-state index contributed by atoms with van der Waals surface area (Å²) >= 11 is 0. The van der Waals surface area contributed by atoms with Gasteiger partial charge in [0.15, 0.2) is 0 Å². The summed E-state index contributed by atoms with van der Waals surface area (Å²) in [6.45, 7) is 6.02. The first-order valence-corrected chi connectivity index (χ1v) is 8.96. The Hall–Kier alpha value is -3.40. The second-order valence-corrected chi connectivity index (χ2v) is 6.92. The van der Waals surface area contributed by atoms with Crippen LogP contribution in [-0.2, 0) is 0 Å². The van der Waals surface area contributed by atoms with Crippen molar-refractivity contribution in [2.24, 2.45) is 0 Å². The molecule has 2 aromatic heterocycles. The van der Waals surface area contributed by atoms with Crippen molar-refractivity contribution in [1.29, 1.82) is 0 Å². The average Bonchev–Trinajstić information content (AvgIpc) is 3.07. The van der Waals surface area contributed by atoms with Crippen LogP contribution in [0.2, 0.25) is 0 Å². The van der Waals surface area contributed by atoms with E-state index < -0.39 is 0 Å². The summed E-state index contributed by atoms with van der Waals surface area (Å²) < 4.78 is 1.92. The van der Waals surface area contributed by atoms with Crippen LogP contribution in [0.15, 0.2) is 71.5 Å². The standard InChI is InChI=1S/C23H21N3O/c1-15-11-16(2)13-19(12-15)26-22(18-7-5-4-6-8-18)14-21(25-26)20-10-9-17(3)24-23(20)27/h4-14H,1-3H3,(H,24,27). The molecule has 0 spiro atoms. The molecule has 2 heterocycles. The van der Waals surface area contributed by atoms with Gasteiger partial charge in [-0.25, -0.2) is 4.68 Å². The van der Waals surface area contributed by atoms with Crippen LogP contribution in [0.25, 0.3) is 28.2 Å². The summed E-state index contributed by atoms with van der Waals surface area (Å²) in [5, 5.41) is 4.80. The predicted octanol–water partition coefficient (Wildman–Crippen LogP) is 4.82. The fraction of sp³-hybridized carbons (Fsp3) is 0.130. The minimum atomic E-state index is -0.125. The number of aryl methyl sites for hydroxylation is 3. The molecule has 27 heavy (non-hydrogen) atoms. The zero-order valence-corrected chi connectivity index (χ0v) is 15.7. The third-order valence-electron chi connectivity index (χ3n) is 4.56. The number of pyridine rings is 1. The van der Waals surface area contributed by atoms with E-state index in [9.17, 15) is 4.79 Å². The molecular formula is C23H21N3O. The van der Waals surface area contributed by atoms with E-state index in [4.69, 9.17) is 5.10 Å². The van der Waals surface area contributed by atoms with E-state index in [0.29, 0.717) is 11.3 Å². The lowest BCUT2D eigenvalue weighted by Gasteiger charge is -2.09. The van der Waals surface area contributed by atoms with E-state index in [1.165, 1.54) is 11.1 Å². The Morgan fingerprint density at radius 3 is 2.22 bits per heavy atom. The maximum Gasteiger partial charge on any atom is 0.257 e. The first-order valence-electron chi connectivity index (χ1n) is 8.96. The van der Waals surface area contributed by atoms with Crippen molar-refractivity contribution in [2.45, 2.75) is 20.8 Å². The van der Waals surface area contributed by atoms with Gasteiger partial charge in [-0.2, -0.15) is 5.10 Å². The number of rotatable bonds is 3. The highest BCUT2D eigenvalue weighted by molar-refractivity contribution is 5.70. The maximum absolute atomic E-state index is 12.4. The number of nitrogens with zero attached hydrogens (tertiary/aromatic N) is 2. The quantitative estimate of drug-likeness (QED) is 0.573. The highest BCUT2D eigenvalue weighted by Crippen LogP contribution is 2.28. The van der Waals surface area contributed by atoms with Crippen molar-refractivity contribution >= 4 is 0 Å². The second-order valence-electron chi connectivity index (χ2n) is 6.92. The normalized spacial score (nSPS) is 10.9. The topological polar surface area (TPSA) is 50.7 Å². The molecular weight excluding hydrogens is 334 g/mol. The van der Waals surface area contributed by atoms with Crippen molar-refractivity contribution < 1.29 is 0 Å². The molecule has 4 nitrogen and oxygen atoms in total. The van der Waals surface area contributed by atoms with E-state index in [0.717, 1.165) is 22.6 Å². The molecule has 4 heteroatoms. The molecule has 0 aliphatic heterocycles. The number of nitrogens with one attached hydrogen (secondary N) is 1. The maximum atomic E-state index is 12.4. The summed E-state index contributed by atoms with van der Waals surface area (Å²) in [4.78, 5) is 15.3. The van der Waals surface area contributed by atoms with Crippen LogP contribution in [-0.4, -0.2) is 14.8 Å². The Bertz CT molecular complexity index is 1150. The van der Waals surface area contributed by atoms with Crippen LogP contribution in [0.1, 0.15) is 16.8 Å². The zero-order valence-electron chi connectivity index (χ0n) is 15.7. The van der Waals surface area contributed by atoms with Gasteiger partial charge in [-0.05, 0) is 62.2 Å². The molecule has 0 aliphatic rings. The van der Waals surface area contributed by atoms with Crippen LogP contribution >= 0.6 is 0 Å². The van der Waals surface area contributed by atoms with E-state index in [1.807, 2.05) is 48.0 Å². The summed E-state index contributed by atoms with van der Waals surface area (Å²) in [5.74, 6) is 0. The van der Waals surface area contributed by atoms with Crippen LogP contribution in [0.4, 0.5) is 0 Å². The molecule has 0 atom stereocenters.